The summed E-state index contributed by atoms with van der Waals surface area (Å²) >= 11 is 0. The second-order valence-electron chi connectivity index (χ2n) is 12.9. The second kappa shape index (κ2) is 19.5. The monoisotopic (exact) mass is 612 g/mol. The van der Waals surface area contributed by atoms with Gasteiger partial charge in [0.25, 0.3) is 5.91 Å². The first-order chi connectivity index (χ1) is 20.9. The molecule has 0 bridgehead atoms. The number of aliphatic hydroxyl groups is 2. The molecule has 1 aromatic carbocycles. The van der Waals surface area contributed by atoms with Gasteiger partial charge >= 0.3 is 0 Å². The average molecular weight is 613 g/mol. The minimum absolute atomic E-state index is 0.0705. The van der Waals surface area contributed by atoms with Crippen molar-refractivity contribution >= 4 is 17.7 Å². The Morgan fingerprint density at radius 2 is 1.64 bits per heavy atom. The zero-order chi connectivity index (χ0) is 32.5. The van der Waals surface area contributed by atoms with Crippen molar-refractivity contribution < 1.29 is 24.6 Å². The van der Waals surface area contributed by atoms with Gasteiger partial charge in [-0.05, 0) is 51.3 Å². The highest BCUT2D eigenvalue weighted by Crippen LogP contribution is 2.33. The van der Waals surface area contributed by atoms with E-state index in [4.69, 9.17) is 0 Å². The number of carbonyl (C=O) groups excluding carboxylic acids is 3. The molecule has 0 saturated heterocycles. The van der Waals surface area contributed by atoms with Crippen molar-refractivity contribution in [3.05, 3.63) is 35.9 Å². The lowest BCUT2D eigenvalue weighted by Gasteiger charge is -2.40. The van der Waals surface area contributed by atoms with E-state index in [9.17, 15) is 24.6 Å². The van der Waals surface area contributed by atoms with Crippen LogP contribution >= 0.6 is 0 Å². The van der Waals surface area contributed by atoms with Crippen LogP contribution in [0.2, 0.25) is 0 Å². The number of rotatable bonds is 17. The van der Waals surface area contributed by atoms with Gasteiger partial charge in [0.15, 0.2) is 0 Å². The van der Waals surface area contributed by atoms with E-state index in [2.05, 4.69) is 17.2 Å². The minimum Gasteiger partial charge on any atom is -0.390 e. The van der Waals surface area contributed by atoms with Crippen LogP contribution in [0.5, 0.6) is 0 Å². The van der Waals surface area contributed by atoms with Gasteiger partial charge in [-0.3, -0.25) is 14.4 Å². The molecular weight excluding hydrogens is 556 g/mol. The SMILES string of the molecule is CCC[C@H](O)[C@H](O)[C@@](C)(CC1CCCCC1)NC(=O)C#CCCN(Cc1ccccc1)C(=O)CCC(=O)N(C)CCN(C)C. The molecule has 9 heteroatoms. The molecule has 44 heavy (non-hydrogen) atoms. The van der Waals surface area contributed by atoms with Crippen molar-refractivity contribution in [2.75, 3.05) is 40.8 Å². The van der Waals surface area contributed by atoms with Gasteiger partial charge in [-0.25, -0.2) is 0 Å². The third-order valence-corrected chi connectivity index (χ3v) is 8.58. The summed E-state index contributed by atoms with van der Waals surface area (Å²) in [7, 11) is 5.66. The van der Waals surface area contributed by atoms with E-state index in [0.717, 1.165) is 44.2 Å². The van der Waals surface area contributed by atoms with E-state index < -0.39 is 23.7 Å². The first-order valence-corrected chi connectivity index (χ1v) is 16.3. The molecule has 1 saturated carbocycles. The quantitative estimate of drug-likeness (QED) is 0.232. The van der Waals surface area contributed by atoms with Gasteiger partial charge in [0.1, 0.15) is 6.10 Å². The molecule has 1 aliphatic carbocycles. The maximum Gasteiger partial charge on any atom is 0.296 e. The maximum absolute atomic E-state index is 13.2. The van der Waals surface area contributed by atoms with Crippen LogP contribution in [-0.4, -0.2) is 101 Å². The van der Waals surface area contributed by atoms with E-state index in [1.165, 1.54) is 6.42 Å². The lowest BCUT2D eigenvalue weighted by molar-refractivity contribution is -0.136. The Morgan fingerprint density at radius 1 is 0.977 bits per heavy atom. The molecule has 0 heterocycles. The Bertz CT molecular complexity index is 1080. The number of nitrogens with zero attached hydrogens (tertiary/aromatic N) is 3. The molecule has 246 valence electrons. The largest absolute Gasteiger partial charge is 0.390 e. The molecule has 0 spiro atoms. The van der Waals surface area contributed by atoms with Gasteiger partial charge < -0.3 is 30.2 Å². The standard InChI is InChI=1S/C35H56N4O5/c1-6-15-30(40)34(44)35(2,26-28-16-9-7-10-17-28)36-31(41)20-13-14-23-39(27-29-18-11-8-12-19-29)33(43)22-21-32(42)38(5)25-24-37(3)4/h8,11-12,18-19,28,30,34,40,44H,6-7,9-10,14-17,21-27H2,1-5H3,(H,36,41)/t30-,34-,35+/m0/s1. The number of aliphatic hydroxyl groups excluding tert-OH is 2. The third kappa shape index (κ3) is 13.4. The molecule has 0 radical (unpaired) electrons. The molecule has 1 aromatic rings. The van der Waals surface area contributed by atoms with Crippen molar-refractivity contribution in [1.29, 1.82) is 0 Å². The fourth-order valence-corrected chi connectivity index (χ4v) is 5.87. The second-order valence-corrected chi connectivity index (χ2v) is 12.9. The molecule has 3 N–H and O–H groups in total. The lowest BCUT2D eigenvalue weighted by atomic mass is 9.76. The van der Waals surface area contributed by atoms with Crippen molar-refractivity contribution in [2.45, 2.75) is 109 Å². The van der Waals surface area contributed by atoms with Crippen LogP contribution in [0.15, 0.2) is 30.3 Å². The van der Waals surface area contributed by atoms with E-state index in [0.29, 0.717) is 38.4 Å². The predicted molar refractivity (Wildman–Crippen MR) is 174 cm³/mol. The van der Waals surface area contributed by atoms with Gasteiger partial charge in [0, 0.05) is 52.5 Å². The maximum atomic E-state index is 13.2. The van der Waals surface area contributed by atoms with Crippen LogP contribution in [0.1, 0.15) is 90.0 Å². The summed E-state index contributed by atoms with van der Waals surface area (Å²) in [5.41, 5.74) is -0.0247. The van der Waals surface area contributed by atoms with E-state index in [1.807, 2.05) is 63.2 Å². The van der Waals surface area contributed by atoms with Crippen LogP contribution in [0.3, 0.4) is 0 Å². The summed E-state index contributed by atoms with van der Waals surface area (Å²) in [4.78, 5) is 44.1. The minimum atomic E-state index is -1.10. The Morgan fingerprint density at radius 3 is 2.27 bits per heavy atom. The molecule has 3 amide bonds. The summed E-state index contributed by atoms with van der Waals surface area (Å²) in [6.07, 6.45) is 5.84. The van der Waals surface area contributed by atoms with Gasteiger partial charge in [-0.1, -0.05) is 81.7 Å². The molecule has 9 nitrogen and oxygen atoms in total. The van der Waals surface area contributed by atoms with Gasteiger partial charge in [-0.2, -0.15) is 0 Å². The van der Waals surface area contributed by atoms with Crippen molar-refractivity contribution in [3.63, 3.8) is 0 Å². The zero-order valence-electron chi connectivity index (χ0n) is 27.7. The van der Waals surface area contributed by atoms with Crippen LogP contribution < -0.4 is 5.32 Å². The Labute approximate surface area is 265 Å². The number of benzene rings is 1. The number of hydrogen-bond acceptors (Lipinski definition) is 6. The summed E-state index contributed by atoms with van der Waals surface area (Å²) in [5.74, 6) is 5.23. The summed E-state index contributed by atoms with van der Waals surface area (Å²) in [6.45, 7) is 5.81. The summed E-state index contributed by atoms with van der Waals surface area (Å²) in [5, 5.41) is 24.6. The molecule has 1 fully saturated rings. The predicted octanol–water partition coefficient (Wildman–Crippen LogP) is 3.58. The molecule has 2 rings (SSSR count). The van der Waals surface area contributed by atoms with Crippen molar-refractivity contribution in [2.24, 2.45) is 5.92 Å². The average Bonchev–Trinajstić information content (AvgIpc) is 3.00. The Hall–Kier alpha value is -2.93. The highest BCUT2D eigenvalue weighted by molar-refractivity contribution is 5.94. The van der Waals surface area contributed by atoms with E-state index in [-0.39, 0.29) is 31.1 Å². The van der Waals surface area contributed by atoms with E-state index in [1.54, 1.807) is 16.8 Å². The normalized spacial score (nSPS) is 16.3. The van der Waals surface area contributed by atoms with Crippen molar-refractivity contribution in [1.82, 2.24) is 20.0 Å². The van der Waals surface area contributed by atoms with E-state index >= 15 is 0 Å². The van der Waals surface area contributed by atoms with Gasteiger partial charge in [0.05, 0.1) is 11.6 Å². The van der Waals surface area contributed by atoms with Crippen LogP contribution in [-0.2, 0) is 20.9 Å². The number of hydrogen-bond donors (Lipinski definition) is 3. The number of amides is 3. The molecule has 0 unspecified atom stereocenters. The molecule has 1 aliphatic rings. The third-order valence-electron chi connectivity index (χ3n) is 8.58. The fraction of sp³-hybridized carbons (Fsp3) is 0.686. The summed E-state index contributed by atoms with van der Waals surface area (Å²) in [6, 6.07) is 9.65. The first-order valence-electron chi connectivity index (χ1n) is 16.3. The smallest absolute Gasteiger partial charge is 0.296 e. The van der Waals surface area contributed by atoms with Gasteiger partial charge in [-0.15, -0.1) is 0 Å². The lowest BCUT2D eigenvalue weighted by Crippen LogP contribution is -2.59. The zero-order valence-corrected chi connectivity index (χ0v) is 27.7. The number of nitrogens with one attached hydrogen (secondary N) is 1. The van der Waals surface area contributed by atoms with Gasteiger partial charge in [0.2, 0.25) is 11.8 Å². The Balaban J connectivity index is 2.04. The number of likely N-dealkylation sites (N-methyl/N-ethyl adjacent to an activating group) is 2. The van der Waals surface area contributed by atoms with Crippen LogP contribution in [0, 0.1) is 17.8 Å². The number of carbonyl (C=O) groups is 3. The van der Waals surface area contributed by atoms with Crippen LogP contribution in [0.4, 0.5) is 0 Å². The Kier molecular flexibility index (Phi) is 16.5. The summed E-state index contributed by atoms with van der Waals surface area (Å²) < 4.78 is 0. The molecule has 3 atom stereocenters. The van der Waals surface area contributed by atoms with Crippen LogP contribution in [0.25, 0.3) is 0 Å². The highest BCUT2D eigenvalue weighted by Gasteiger charge is 2.40. The molecule has 0 aromatic heterocycles. The molecular formula is C35H56N4O5. The fourth-order valence-electron chi connectivity index (χ4n) is 5.87. The van der Waals surface area contributed by atoms with Crippen molar-refractivity contribution in [3.8, 4) is 11.8 Å². The first kappa shape index (κ1) is 37.3. The topological polar surface area (TPSA) is 113 Å². The highest BCUT2D eigenvalue weighted by atomic mass is 16.3. The molecule has 0 aliphatic heterocycles.